The van der Waals surface area contributed by atoms with E-state index < -0.39 is 5.97 Å². The number of ether oxygens (including phenoxy) is 2. The van der Waals surface area contributed by atoms with Gasteiger partial charge in [-0.05, 0) is 57.4 Å². The minimum atomic E-state index is -1.05. The molecule has 0 fully saturated rings. The van der Waals surface area contributed by atoms with Crippen LogP contribution in [0.2, 0.25) is 5.02 Å². The zero-order chi connectivity index (χ0) is 20.8. The molecule has 0 amide bonds. The third-order valence-corrected chi connectivity index (χ3v) is 5.11. The van der Waals surface area contributed by atoms with Crippen molar-refractivity contribution >= 4 is 39.2 Å². The molecule has 0 atom stereocenters. The van der Waals surface area contributed by atoms with Gasteiger partial charge in [0.1, 0.15) is 6.61 Å². The molecule has 0 aliphatic heterocycles. The molecule has 0 radical (unpaired) electrons. The lowest BCUT2D eigenvalue weighted by atomic mass is 10.1. The van der Waals surface area contributed by atoms with Crippen molar-refractivity contribution in [3.63, 3.8) is 0 Å². The van der Waals surface area contributed by atoms with Crippen molar-refractivity contribution in [1.29, 1.82) is 0 Å². The summed E-state index contributed by atoms with van der Waals surface area (Å²) in [4.78, 5) is 11.1. The average molecular weight is 477 g/mol. The number of halogens is 2. The predicted molar refractivity (Wildman–Crippen MR) is 117 cm³/mol. The van der Waals surface area contributed by atoms with E-state index in [-0.39, 0.29) is 10.6 Å². The van der Waals surface area contributed by atoms with Crippen molar-refractivity contribution in [2.75, 3.05) is 12.4 Å². The lowest BCUT2D eigenvalue weighted by Gasteiger charge is -2.15. The third-order valence-electron chi connectivity index (χ3n) is 4.21. The molecule has 2 N–H and O–H groups in total. The van der Waals surface area contributed by atoms with Crippen LogP contribution in [0.5, 0.6) is 11.5 Å². The number of hydrogen-bond donors (Lipinski definition) is 2. The summed E-state index contributed by atoms with van der Waals surface area (Å²) in [5.41, 5.74) is 2.81. The molecule has 7 heteroatoms. The van der Waals surface area contributed by atoms with E-state index in [9.17, 15) is 4.79 Å². The molecular formula is C22H19BrClNO4. The largest absolute Gasteiger partial charge is 0.493 e. The molecule has 0 spiro atoms. The van der Waals surface area contributed by atoms with E-state index in [1.54, 1.807) is 19.2 Å². The van der Waals surface area contributed by atoms with Crippen molar-refractivity contribution in [2.24, 2.45) is 0 Å². The summed E-state index contributed by atoms with van der Waals surface area (Å²) >= 11 is 9.58. The SMILES string of the molecule is COc1cc(CNc2ccc(C(=O)O)c(Cl)c2)cc(Br)c1OCc1ccccc1. The van der Waals surface area contributed by atoms with Gasteiger partial charge in [0.2, 0.25) is 0 Å². The smallest absolute Gasteiger partial charge is 0.337 e. The fourth-order valence-electron chi connectivity index (χ4n) is 2.75. The van der Waals surface area contributed by atoms with Crippen LogP contribution < -0.4 is 14.8 Å². The van der Waals surface area contributed by atoms with Gasteiger partial charge in [0.25, 0.3) is 0 Å². The van der Waals surface area contributed by atoms with E-state index in [0.29, 0.717) is 24.7 Å². The molecule has 3 aromatic rings. The second kappa shape index (κ2) is 9.67. The van der Waals surface area contributed by atoms with Crippen molar-refractivity contribution in [3.8, 4) is 11.5 Å². The zero-order valence-corrected chi connectivity index (χ0v) is 18.0. The fraction of sp³-hybridized carbons (Fsp3) is 0.136. The second-order valence-electron chi connectivity index (χ2n) is 6.24. The first kappa shape index (κ1) is 21.0. The van der Waals surface area contributed by atoms with Gasteiger partial charge < -0.3 is 19.9 Å². The van der Waals surface area contributed by atoms with E-state index >= 15 is 0 Å². The van der Waals surface area contributed by atoms with Gasteiger partial charge in [-0.15, -0.1) is 0 Å². The van der Waals surface area contributed by atoms with Crippen LogP contribution in [0.3, 0.4) is 0 Å². The lowest BCUT2D eigenvalue weighted by molar-refractivity contribution is 0.0697. The van der Waals surface area contributed by atoms with Crippen LogP contribution >= 0.6 is 27.5 Å². The molecule has 3 aromatic carbocycles. The Hall–Kier alpha value is -2.70. The summed E-state index contributed by atoms with van der Waals surface area (Å²) in [6.45, 7) is 0.929. The van der Waals surface area contributed by atoms with E-state index in [2.05, 4.69) is 21.2 Å². The molecule has 3 rings (SSSR count). The van der Waals surface area contributed by atoms with Gasteiger partial charge in [0.15, 0.2) is 11.5 Å². The molecule has 29 heavy (non-hydrogen) atoms. The van der Waals surface area contributed by atoms with Crippen molar-refractivity contribution in [2.45, 2.75) is 13.2 Å². The Kier molecular flexibility index (Phi) is 7.01. The number of nitrogens with one attached hydrogen (secondary N) is 1. The number of methoxy groups -OCH3 is 1. The van der Waals surface area contributed by atoms with Gasteiger partial charge in [-0.1, -0.05) is 41.9 Å². The Morgan fingerprint density at radius 1 is 1.10 bits per heavy atom. The first-order chi connectivity index (χ1) is 14.0. The second-order valence-corrected chi connectivity index (χ2v) is 7.50. The molecule has 150 valence electrons. The first-order valence-electron chi connectivity index (χ1n) is 8.77. The molecule has 5 nitrogen and oxygen atoms in total. The van der Waals surface area contributed by atoms with Crippen molar-refractivity contribution < 1.29 is 19.4 Å². The van der Waals surface area contributed by atoms with Crippen molar-refractivity contribution in [1.82, 2.24) is 0 Å². The predicted octanol–water partition coefficient (Wildman–Crippen LogP) is 6.00. The molecular weight excluding hydrogens is 458 g/mol. The summed E-state index contributed by atoms with van der Waals surface area (Å²) in [6, 6.07) is 18.5. The highest BCUT2D eigenvalue weighted by Crippen LogP contribution is 2.37. The highest BCUT2D eigenvalue weighted by Gasteiger charge is 2.13. The maximum atomic E-state index is 11.1. The van der Waals surface area contributed by atoms with Gasteiger partial charge >= 0.3 is 5.97 Å². The number of carboxylic acid groups (broad SMARTS) is 1. The number of carbonyl (C=O) groups is 1. The maximum Gasteiger partial charge on any atom is 0.337 e. The summed E-state index contributed by atoms with van der Waals surface area (Å²) in [6.07, 6.45) is 0. The van der Waals surface area contributed by atoms with Crippen LogP contribution in [0.1, 0.15) is 21.5 Å². The van der Waals surface area contributed by atoms with Crippen LogP contribution in [0.25, 0.3) is 0 Å². The van der Waals surface area contributed by atoms with Crippen LogP contribution in [-0.2, 0) is 13.2 Å². The van der Waals surface area contributed by atoms with Crippen LogP contribution in [0.4, 0.5) is 5.69 Å². The number of benzene rings is 3. The average Bonchev–Trinajstić information content (AvgIpc) is 2.71. The van der Waals surface area contributed by atoms with Gasteiger partial charge in [-0.3, -0.25) is 0 Å². The quantitative estimate of drug-likeness (QED) is 0.417. The molecule has 0 saturated heterocycles. The van der Waals surface area contributed by atoms with Gasteiger partial charge in [-0.2, -0.15) is 0 Å². The number of rotatable bonds is 8. The topological polar surface area (TPSA) is 67.8 Å². The monoisotopic (exact) mass is 475 g/mol. The number of aromatic carboxylic acids is 1. The Morgan fingerprint density at radius 2 is 1.86 bits per heavy atom. The summed E-state index contributed by atoms with van der Waals surface area (Å²) in [7, 11) is 1.60. The summed E-state index contributed by atoms with van der Waals surface area (Å²) < 4.78 is 12.2. The van der Waals surface area contributed by atoms with E-state index in [0.717, 1.165) is 21.3 Å². The maximum absolute atomic E-state index is 11.1. The molecule has 0 aliphatic rings. The van der Waals surface area contributed by atoms with Crippen molar-refractivity contribution in [3.05, 3.63) is 86.8 Å². The summed E-state index contributed by atoms with van der Waals surface area (Å²) in [5, 5.41) is 12.5. The first-order valence-corrected chi connectivity index (χ1v) is 9.95. The number of carboxylic acids is 1. The highest BCUT2D eigenvalue weighted by atomic mass is 79.9. The minimum Gasteiger partial charge on any atom is -0.493 e. The Morgan fingerprint density at radius 3 is 2.52 bits per heavy atom. The Bertz CT molecular complexity index is 1010. The normalized spacial score (nSPS) is 10.4. The zero-order valence-electron chi connectivity index (χ0n) is 15.6. The highest BCUT2D eigenvalue weighted by molar-refractivity contribution is 9.10. The van der Waals surface area contributed by atoms with E-state index in [1.165, 1.54) is 6.07 Å². The number of anilines is 1. The van der Waals surface area contributed by atoms with Crippen LogP contribution in [0.15, 0.2) is 65.1 Å². The molecule has 0 heterocycles. The number of hydrogen-bond acceptors (Lipinski definition) is 4. The molecule has 0 aliphatic carbocycles. The van der Waals surface area contributed by atoms with Crippen LogP contribution in [-0.4, -0.2) is 18.2 Å². The van der Waals surface area contributed by atoms with E-state index in [1.807, 2.05) is 42.5 Å². The summed E-state index contributed by atoms with van der Waals surface area (Å²) in [5.74, 6) is 0.196. The minimum absolute atomic E-state index is 0.0709. The Labute approximate surface area is 182 Å². The van der Waals surface area contributed by atoms with Gasteiger partial charge in [-0.25, -0.2) is 4.79 Å². The van der Waals surface area contributed by atoms with Gasteiger partial charge in [0, 0.05) is 12.2 Å². The standard InChI is InChI=1S/C22H19BrClNO4/c1-28-20-10-15(12-25-16-7-8-17(22(26)27)19(24)11-16)9-18(23)21(20)29-13-14-5-3-2-4-6-14/h2-11,25H,12-13H2,1H3,(H,26,27). The molecule has 0 bridgehead atoms. The van der Waals surface area contributed by atoms with Gasteiger partial charge in [0.05, 0.1) is 22.2 Å². The fourth-order valence-corrected chi connectivity index (χ4v) is 3.61. The van der Waals surface area contributed by atoms with Crippen LogP contribution in [0, 0.1) is 0 Å². The molecule has 0 saturated carbocycles. The van der Waals surface area contributed by atoms with E-state index in [4.69, 9.17) is 26.2 Å². The molecule has 0 aromatic heterocycles. The molecule has 0 unspecified atom stereocenters. The Balaban J connectivity index is 1.71. The third kappa shape index (κ3) is 5.43. The lowest BCUT2D eigenvalue weighted by Crippen LogP contribution is -2.04.